The van der Waals surface area contributed by atoms with Crippen LogP contribution in [0.25, 0.3) is 43.4 Å². The molecule has 5 aromatic rings. The van der Waals surface area contributed by atoms with Gasteiger partial charge in [0.1, 0.15) is 11.4 Å². The molecule has 0 spiro atoms. The third-order valence-electron chi connectivity index (χ3n) is 5.71. The number of halogens is 9. The molecule has 2 heterocycles. The van der Waals surface area contributed by atoms with Gasteiger partial charge in [0.15, 0.2) is 0 Å². The largest absolute Gasteiger partial charge is 0.417 e. The Balaban J connectivity index is 1.97. The Hall–Kier alpha value is -3.67. The van der Waals surface area contributed by atoms with Crippen molar-refractivity contribution >= 4 is 32.9 Å². The summed E-state index contributed by atoms with van der Waals surface area (Å²) in [5.74, 6) is 0. The van der Waals surface area contributed by atoms with Gasteiger partial charge in [0.25, 0.3) is 0 Å². The number of hydrogen-bond donors (Lipinski definition) is 0. The van der Waals surface area contributed by atoms with Crippen LogP contribution in [0.3, 0.4) is 0 Å². The van der Waals surface area contributed by atoms with E-state index in [1.54, 1.807) is 47.8 Å². The van der Waals surface area contributed by atoms with Crippen LogP contribution in [0.2, 0.25) is 0 Å². The first-order valence-electron chi connectivity index (χ1n) is 10.4. The van der Waals surface area contributed by atoms with Crippen LogP contribution >= 0.6 is 11.3 Å². The van der Waals surface area contributed by atoms with Crippen molar-refractivity contribution in [3.63, 3.8) is 0 Å². The Morgan fingerprint density at radius 3 is 1.54 bits per heavy atom. The van der Waals surface area contributed by atoms with E-state index in [0.717, 1.165) is 0 Å². The Morgan fingerprint density at radius 1 is 0.568 bits per heavy atom. The molecule has 0 amide bonds. The number of rotatable bonds is 2. The average molecular weight is 542 g/mol. The second-order valence-corrected chi connectivity index (χ2v) is 9.01. The molecule has 3 aromatic carbocycles. The van der Waals surface area contributed by atoms with E-state index >= 15 is 0 Å². The first-order chi connectivity index (χ1) is 17.2. The van der Waals surface area contributed by atoms with Crippen molar-refractivity contribution in [2.24, 2.45) is 0 Å². The van der Waals surface area contributed by atoms with Crippen LogP contribution in [0.4, 0.5) is 39.5 Å². The second kappa shape index (κ2) is 8.44. The van der Waals surface area contributed by atoms with Gasteiger partial charge in [0, 0.05) is 16.3 Å². The highest BCUT2D eigenvalue weighted by molar-refractivity contribution is 7.13. The maximum absolute atomic E-state index is 14.0. The molecular formula is C25H11F9N2S. The van der Waals surface area contributed by atoms with Gasteiger partial charge in [0.2, 0.25) is 0 Å². The number of nitrogens with zero attached hydrogens (tertiary/aromatic N) is 2. The van der Waals surface area contributed by atoms with Crippen molar-refractivity contribution in [1.82, 2.24) is 10.2 Å². The van der Waals surface area contributed by atoms with Gasteiger partial charge in [0.05, 0.1) is 21.6 Å². The lowest BCUT2D eigenvalue weighted by Crippen LogP contribution is -2.18. The van der Waals surface area contributed by atoms with E-state index in [4.69, 9.17) is 0 Å². The Bertz CT molecular complexity index is 1600. The van der Waals surface area contributed by atoms with Gasteiger partial charge < -0.3 is 0 Å². The van der Waals surface area contributed by atoms with Crippen molar-refractivity contribution < 1.29 is 39.5 Å². The van der Waals surface area contributed by atoms with Gasteiger partial charge in [-0.1, -0.05) is 30.3 Å². The second-order valence-electron chi connectivity index (χ2n) is 8.06. The van der Waals surface area contributed by atoms with Crippen LogP contribution in [-0.2, 0) is 18.5 Å². The van der Waals surface area contributed by atoms with Crippen molar-refractivity contribution in [1.29, 1.82) is 0 Å². The Morgan fingerprint density at radius 2 is 1.08 bits per heavy atom. The van der Waals surface area contributed by atoms with Gasteiger partial charge in [-0.15, -0.1) is 21.5 Å². The van der Waals surface area contributed by atoms with E-state index in [0.29, 0.717) is 15.6 Å². The summed E-state index contributed by atoms with van der Waals surface area (Å²) >= 11 is 1.23. The highest BCUT2D eigenvalue weighted by Gasteiger charge is 2.45. The first-order valence-corrected chi connectivity index (χ1v) is 11.3. The van der Waals surface area contributed by atoms with E-state index in [-0.39, 0.29) is 28.6 Å². The van der Waals surface area contributed by atoms with Crippen LogP contribution in [0, 0.1) is 0 Å². The van der Waals surface area contributed by atoms with Gasteiger partial charge in [-0.05, 0) is 46.5 Å². The van der Waals surface area contributed by atoms with Crippen LogP contribution in [-0.4, -0.2) is 10.2 Å². The fourth-order valence-electron chi connectivity index (χ4n) is 4.13. The van der Waals surface area contributed by atoms with Gasteiger partial charge in [-0.3, -0.25) is 0 Å². The molecule has 0 bridgehead atoms. The molecule has 0 fully saturated rings. The minimum Gasteiger partial charge on any atom is -0.166 e. The average Bonchev–Trinajstić information content (AvgIpc) is 3.34. The lowest BCUT2D eigenvalue weighted by molar-refractivity contribution is -0.147. The summed E-state index contributed by atoms with van der Waals surface area (Å²) in [6.45, 7) is 0. The summed E-state index contributed by atoms with van der Waals surface area (Å²) in [5, 5.41) is 10.6. The highest BCUT2D eigenvalue weighted by Crippen LogP contribution is 2.49. The van der Waals surface area contributed by atoms with E-state index < -0.39 is 46.5 Å². The molecule has 5 rings (SSSR count). The number of hydrogen-bond acceptors (Lipinski definition) is 3. The predicted octanol–water partition coefficient (Wildman–Crippen LogP) is 9.23. The zero-order valence-electron chi connectivity index (χ0n) is 18.1. The molecule has 37 heavy (non-hydrogen) atoms. The summed E-state index contributed by atoms with van der Waals surface area (Å²) in [6.07, 6.45) is -16.6. The summed E-state index contributed by atoms with van der Waals surface area (Å²) in [4.78, 5) is 0.554. The minimum atomic E-state index is -5.56. The Labute approximate surface area is 206 Å². The molecule has 12 heteroatoms. The molecule has 0 aliphatic carbocycles. The smallest absolute Gasteiger partial charge is 0.166 e. The van der Waals surface area contributed by atoms with Crippen molar-refractivity contribution in [2.75, 3.05) is 0 Å². The van der Waals surface area contributed by atoms with Crippen LogP contribution in [0.1, 0.15) is 16.7 Å². The quantitative estimate of drug-likeness (QED) is 0.164. The van der Waals surface area contributed by atoms with Crippen molar-refractivity contribution in [3.05, 3.63) is 82.7 Å². The third-order valence-corrected chi connectivity index (χ3v) is 6.59. The summed E-state index contributed by atoms with van der Waals surface area (Å²) in [7, 11) is 0. The molecule has 2 nitrogen and oxygen atoms in total. The van der Waals surface area contributed by atoms with E-state index in [1.807, 2.05) is 0 Å². The zero-order valence-corrected chi connectivity index (χ0v) is 18.9. The number of aromatic nitrogens is 2. The summed E-state index contributed by atoms with van der Waals surface area (Å²) in [6, 6.07) is 12.2. The number of alkyl halides is 9. The summed E-state index contributed by atoms with van der Waals surface area (Å²) < 4.78 is 124. The standard InChI is InChI=1S/C25H11F9N2S/c26-23(27,28)14-10-17(24(29,30)31)20(18(11-14)25(32,33)34)22-16-9-13-5-2-1-4-12(13)8-15(16)21(35-36-22)19-6-3-7-37-19/h1-11H. The van der Waals surface area contributed by atoms with E-state index in [2.05, 4.69) is 10.2 Å². The molecule has 0 radical (unpaired) electrons. The molecule has 0 saturated carbocycles. The highest BCUT2D eigenvalue weighted by atomic mass is 32.1. The molecule has 0 N–H and O–H groups in total. The predicted molar refractivity (Wildman–Crippen MR) is 121 cm³/mol. The number of benzene rings is 3. The van der Waals surface area contributed by atoms with Gasteiger partial charge in [-0.25, -0.2) is 0 Å². The fourth-order valence-corrected chi connectivity index (χ4v) is 4.85. The van der Waals surface area contributed by atoms with E-state index in [9.17, 15) is 39.5 Å². The van der Waals surface area contributed by atoms with Crippen LogP contribution in [0.5, 0.6) is 0 Å². The van der Waals surface area contributed by atoms with Crippen LogP contribution in [0.15, 0.2) is 66.0 Å². The minimum absolute atomic E-state index is 0.118. The zero-order chi connectivity index (χ0) is 26.8. The molecule has 0 saturated heterocycles. The number of fused-ring (bicyclic) bond motifs is 2. The number of thiophene rings is 1. The van der Waals surface area contributed by atoms with Crippen molar-refractivity contribution in [3.8, 4) is 21.8 Å². The molecule has 190 valence electrons. The molecule has 0 atom stereocenters. The van der Waals surface area contributed by atoms with Crippen molar-refractivity contribution in [2.45, 2.75) is 18.5 Å². The van der Waals surface area contributed by atoms with Gasteiger partial charge in [-0.2, -0.15) is 39.5 Å². The van der Waals surface area contributed by atoms with E-state index in [1.165, 1.54) is 17.4 Å². The lowest BCUT2D eigenvalue weighted by atomic mass is 9.90. The molecular weight excluding hydrogens is 531 g/mol. The Kier molecular flexibility index (Phi) is 5.70. The topological polar surface area (TPSA) is 25.8 Å². The molecule has 0 aliphatic rings. The molecule has 0 aliphatic heterocycles. The maximum Gasteiger partial charge on any atom is 0.417 e. The van der Waals surface area contributed by atoms with Gasteiger partial charge >= 0.3 is 18.5 Å². The maximum atomic E-state index is 14.0. The SMILES string of the molecule is FC(F)(F)c1cc(C(F)(F)F)c(-c2nnc(-c3cccs3)c3cc4ccccc4cc23)c(C(F)(F)F)c1. The first kappa shape index (κ1) is 25.0. The fraction of sp³-hybridized carbons (Fsp3) is 0.120. The monoisotopic (exact) mass is 542 g/mol. The third kappa shape index (κ3) is 4.50. The van der Waals surface area contributed by atoms with Crippen LogP contribution < -0.4 is 0 Å². The molecule has 0 unspecified atom stereocenters. The summed E-state index contributed by atoms with van der Waals surface area (Å²) in [5.41, 5.74) is -8.42. The lowest BCUT2D eigenvalue weighted by Gasteiger charge is -2.22. The normalized spacial score (nSPS) is 13.0. The molecule has 2 aromatic heterocycles.